The van der Waals surface area contributed by atoms with Crippen molar-refractivity contribution in [2.24, 2.45) is 4.99 Å². The number of carbonyl (C=O) groups is 1. The van der Waals surface area contributed by atoms with Crippen LogP contribution >= 0.6 is 35.1 Å². The van der Waals surface area contributed by atoms with Crippen molar-refractivity contribution in [1.29, 1.82) is 5.41 Å². The molecule has 130 valence electrons. The van der Waals surface area contributed by atoms with Gasteiger partial charge in [0, 0.05) is 21.0 Å². The van der Waals surface area contributed by atoms with E-state index in [9.17, 15) is 4.79 Å². The third-order valence-electron chi connectivity index (χ3n) is 3.61. The number of amidine groups is 2. The molecule has 26 heavy (non-hydrogen) atoms. The minimum Gasteiger partial charge on any atom is -0.450 e. The van der Waals surface area contributed by atoms with Gasteiger partial charge in [-0.25, -0.2) is 0 Å². The highest BCUT2D eigenvalue weighted by Crippen LogP contribution is 2.34. The van der Waals surface area contributed by atoms with E-state index in [1.54, 1.807) is 23.2 Å². The first-order valence-corrected chi connectivity index (χ1v) is 9.63. The SMILES string of the molecule is CC1=CN2C(=N)C(=Cc3ccc(Sc4ccc(Cl)cc4)o3)C(=O)N=C2S1. The van der Waals surface area contributed by atoms with E-state index < -0.39 is 5.91 Å². The molecule has 3 heterocycles. The van der Waals surface area contributed by atoms with Crippen molar-refractivity contribution < 1.29 is 9.21 Å². The number of thioether (sulfide) groups is 1. The number of nitrogens with one attached hydrogen (secondary N) is 1. The molecule has 2 aliphatic rings. The number of hydrogen-bond donors (Lipinski definition) is 1. The Labute approximate surface area is 163 Å². The fourth-order valence-electron chi connectivity index (χ4n) is 2.43. The molecule has 2 aromatic rings. The minimum absolute atomic E-state index is 0.104. The standard InChI is InChI=1S/C18H12ClN3O2S2/c1-10-9-22-16(20)14(17(23)21-18(22)25-10)8-12-4-7-15(24-12)26-13-5-2-11(19)3-6-13/h2-9,20H,1H3. The van der Waals surface area contributed by atoms with Crippen LogP contribution in [0, 0.1) is 5.41 Å². The molecule has 2 aliphatic heterocycles. The quantitative estimate of drug-likeness (QED) is 0.711. The summed E-state index contributed by atoms with van der Waals surface area (Å²) in [5.41, 5.74) is 0.206. The van der Waals surface area contributed by atoms with Crippen LogP contribution in [-0.4, -0.2) is 21.8 Å². The number of carbonyl (C=O) groups excluding carboxylic acids is 1. The van der Waals surface area contributed by atoms with Gasteiger partial charge in [-0.1, -0.05) is 35.1 Å². The molecule has 0 unspecified atom stereocenters. The van der Waals surface area contributed by atoms with E-state index in [1.165, 1.54) is 23.5 Å². The van der Waals surface area contributed by atoms with Gasteiger partial charge in [-0.3, -0.25) is 15.1 Å². The number of hydrogen-bond acceptors (Lipinski definition) is 5. The minimum atomic E-state index is -0.430. The third-order valence-corrected chi connectivity index (χ3v) is 5.69. The van der Waals surface area contributed by atoms with Gasteiger partial charge in [0.1, 0.15) is 11.6 Å². The van der Waals surface area contributed by atoms with Crippen LogP contribution < -0.4 is 0 Å². The number of benzene rings is 1. The monoisotopic (exact) mass is 401 g/mol. The maximum Gasteiger partial charge on any atom is 0.283 e. The lowest BCUT2D eigenvalue weighted by Crippen LogP contribution is -2.35. The summed E-state index contributed by atoms with van der Waals surface area (Å²) in [6, 6.07) is 11.0. The lowest BCUT2D eigenvalue weighted by molar-refractivity contribution is -0.114. The zero-order valence-electron chi connectivity index (χ0n) is 13.5. The second-order valence-electron chi connectivity index (χ2n) is 5.53. The second kappa shape index (κ2) is 6.83. The Hall–Kier alpha value is -2.22. The van der Waals surface area contributed by atoms with Crippen LogP contribution in [0.3, 0.4) is 0 Å². The fourth-order valence-corrected chi connectivity index (χ4v) is 4.15. The van der Waals surface area contributed by atoms with Crippen LogP contribution in [0.1, 0.15) is 12.7 Å². The van der Waals surface area contributed by atoms with E-state index in [0.29, 0.717) is 21.0 Å². The molecule has 0 spiro atoms. The van der Waals surface area contributed by atoms with E-state index in [4.69, 9.17) is 21.4 Å². The van der Waals surface area contributed by atoms with Crippen LogP contribution in [0.2, 0.25) is 5.02 Å². The van der Waals surface area contributed by atoms with Crippen LogP contribution in [0.15, 0.2) is 72.5 Å². The number of allylic oxidation sites excluding steroid dienone is 1. The first-order chi connectivity index (χ1) is 12.5. The molecule has 0 atom stereocenters. The third kappa shape index (κ3) is 3.38. The number of rotatable bonds is 3. The van der Waals surface area contributed by atoms with Gasteiger partial charge in [0.05, 0.1) is 5.57 Å². The highest BCUT2D eigenvalue weighted by atomic mass is 35.5. The Balaban J connectivity index is 1.57. The smallest absolute Gasteiger partial charge is 0.283 e. The van der Waals surface area contributed by atoms with Gasteiger partial charge in [-0.05, 0) is 49.4 Å². The number of fused-ring (bicyclic) bond motifs is 1. The van der Waals surface area contributed by atoms with Crippen molar-refractivity contribution >= 4 is 58.1 Å². The molecule has 5 nitrogen and oxygen atoms in total. The van der Waals surface area contributed by atoms with Gasteiger partial charge in [-0.15, -0.1) is 0 Å². The summed E-state index contributed by atoms with van der Waals surface area (Å²) >= 11 is 8.73. The summed E-state index contributed by atoms with van der Waals surface area (Å²) in [6.45, 7) is 1.92. The molecule has 8 heteroatoms. The van der Waals surface area contributed by atoms with Crippen molar-refractivity contribution in [3.63, 3.8) is 0 Å². The maximum absolute atomic E-state index is 12.3. The molecule has 0 bridgehead atoms. The summed E-state index contributed by atoms with van der Waals surface area (Å²) in [5, 5.41) is 10.2. The Morgan fingerprint density at radius 3 is 2.81 bits per heavy atom. The van der Waals surface area contributed by atoms with E-state index in [-0.39, 0.29) is 11.4 Å². The van der Waals surface area contributed by atoms with Crippen molar-refractivity contribution in [2.75, 3.05) is 0 Å². The fraction of sp³-hybridized carbons (Fsp3) is 0.0556. The summed E-state index contributed by atoms with van der Waals surface area (Å²) < 4.78 is 5.77. The van der Waals surface area contributed by atoms with Crippen molar-refractivity contribution in [2.45, 2.75) is 16.9 Å². The Bertz CT molecular complexity index is 1010. The number of aliphatic imine (C=N–C) groups is 1. The van der Waals surface area contributed by atoms with Gasteiger partial charge in [0.25, 0.3) is 5.91 Å². The molecule has 0 aliphatic carbocycles. The van der Waals surface area contributed by atoms with Gasteiger partial charge in [0.15, 0.2) is 10.3 Å². The molecule has 0 radical (unpaired) electrons. The highest BCUT2D eigenvalue weighted by Gasteiger charge is 2.33. The molecule has 0 saturated carbocycles. The van der Waals surface area contributed by atoms with Crippen molar-refractivity contribution in [3.05, 3.63) is 63.9 Å². The van der Waals surface area contributed by atoms with E-state index in [2.05, 4.69) is 4.99 Å². The normalized spacial score (nSPS) is 18.2. The van der Waals surface area contributed by atoms with Crippen LogP contribution in [0.5, 0.6) is 0 Å². The lowest BCUT2D eigenvalue weighted by Gasteiger charge is -2.21. The number of nitrogens with zero attached hydrogens (tertiary/aromatic N) is 2. The molecule has 0 fully saturated rings. The first-order valence-electron chi connectivity index (χ1n) is 7.62. The zero-order valence-corrected chi connectivity index (χ0v) is 15.9. The molecule has 0 saturated heterocycles. The van der Waals surface area contributed by atoms with Gasteiger partial charge >= 0.3 is 0 Å². The topological polar surface area (TPSA) is 69.7 Å². The van der Waals surface area contributed by atoms with Gasteiger partial charge in [-0.2, -0.15) is 4.99 Å². The second-order valence-corrected chi connectivity index (χ2v) is 8.26. The molecular weight excluding hydrogens is 390 g/mol. The van der Waals surface area contributed by atoms with Crippen molar-refractivity contribution in [1.82, 2.24) is 4.90 Å². The van der Waals surface area contributed by atoms with E-state index in [0.717, 1.165) is 9.80 Å². The lowest BCUT2D eigenvalue weighted by atomic mass is 10.1. The van der Waals surface area contributed by atoms with E-state index in [1.807, 2.05) is 37.3 Å². The van der Waals surface area contributed by atoms with Crippen LogP contribution in [0.4, 0.5) is 0 Å². The molecule has 1 aromatic carbocycles. The van der Waals surface area contributed by atoms with Crippen LogP contribution in [0.25, 0.3) is 6.08 Å². The maximum atomic E-state index is 12.3. The first kappa shape index (κ1) is 17.2. The molecular formula is C18H12ClN3O2S2. The van der Waals surface area contributed by atoms with Crippen molar-refractivity contribution in [3.8, 4) is 0 Å². The van der Waals surface area contributed by atoms with Gasteiger partial charge < -0.3 is 4.42 Å². The van der Waals surface area contributed by atoms with E-state index >= 15 is 0 Å². The average Bonchev–Trinajstić information content (AvgIpc) is 3.19. The largest absolute Gasteiger partial charge is 0.450 e. The number of furan rings is 1. The highest BCUT2D eigenvalue weighted by molar-refractivity contribution is 8.17. The zero-order chi connectivity index (χ0) is 18.3. The predicted octanol–water partition coefficient (Wildman–Crippen LogP) is 5.25. The number of amides is 1. The molecule has 1 N–H and O–H groups in total. The summed E-state index contributed by atoms with van der Waals surface area (Å²) in [5.74, 6) is 0.175. The summed E-state index contributed by atoms with van der Waals surface area (Å²) in [4.78, 5) is 19.9. The number of halogens is 1. The molecule has 4 rings (SSSR count). The Kier molecular flexibility index (Phi) is 4.52. The average molecular weight is 402 g/mol. The summed E-state index contributed by atoms with van der Waals surface area (Å²) in [6.07, 6.45) is 3.36. The molecule has 1 amide bonds. The van der Waals surface area contributed by atoms with Crippen LogP contribution in [-0.2, 0) is 4.79 Å². The predicted molar refractivity (Wildman–Crippen MR) is 106 cm³/mol. The Morgan fingerprint density at radius 1 is 1.27 bits per heavy atom. The van der Waals surface area contributed by atoms with Gasteiger partial charge in [0.2, 0.25) is 0 Å². The molecule has 1 aromatic heterocycles. The summed E-state index contributed by atoms with van der Waals surface area (Å²) in [7, 11) is 0. The Morgan fingerprint density at radius 2 is 2.04 bits per heavy atom.